The van der Waals surface area contributed by atoms with E-state index in [2.05, 4.69) is 5.32 Å². The molecule has 0 bridgehead atoms. The summed E-state index contributed by atoms with van der Waals surface area (Å²) in [5, 5.41) is 2.73. The Morgan fingerprint density at radius 3 is 2.33 bits per heavy atom. The lowest BCUT2D eigenvalue weighted by molar-refractivity contribution is -0.147. The van der Waals surface area contributed by atoms with E-state index in [-0.39, 0.29) is 6.42 Å². The number of nitrogens with one attached hydrogen (secondary N) is 1. The van der Waals surface area contributed by atoms with Crippen molar-refractivity contribution in [1.82, 2.24) is 5.32 Å². The van der Waals surface area contributed by atoms with Crippen LogP contribution in [0, 0.1) is 5.92 Å². The van der Waals surface area contributed by atoms with Crippen LogP contribution in [0.4, 0.5) is 13.2 Å². The van der Waals surface area contributed by atoms with Crippen LogP contribution in [0.15, 0.2) is 24.3 Å². The Morgan fingerprint density at radius 1 is 1.25 bits per heavy atom. The molecule has 0 radical (unpaired) electrons. The minimum atomic E-state index is -4.45. The number of carbonyl (C=O) groups excluding carboxylic acids is 2. The number of ether oxygens (including phenoxy) is 1. The van der Waals surface area contributed by atoms with Crippen molar-refractivity contribution in [3.63, 3.8) is 0 Å². The maximum absolute atomic E-state index is 12.9. The van der Waals surface area contributed by atoms with E-state index in [9.17, 15) is 22.8 Å². The standard InChI is InChI=1S/C17H20F3NO3/c1-15(2,10-6-5-7-11(8-10)17(18,19)20)21-14(23)12-9-13(22)24-16(12,3)4/h5-8,12H,9H2,1-4H3,(H,21,23). The lowest BCUT2D eigenvalue weighted by Crippen LogP contribution is -2.48. The van der Waals surface area contributed by atoms with Crippen LogP contribution in [-0.2, 0) is 26.0 Å². The number of alkyl halides is 3. The summed E-state index contributed by atoms with van der Waals surface area (Å²) in [5.74, 6) is -1.57. The van der Waals surface area contributed by atoms with Gasteiger partial charge in [-0.2, -0.15) is 13.2 Å². The topological polar surface area (TPSA) is 55.4 Å². The summed E-state index contributed by atoms with van der Waals surface area (Å²) >= 11 is 0. The number of carbonyl (C=O) groups is 2. The van der Waals surface area contributed by atoms with Gasteiger partial charge in [-0.25, -0.2) is 0 Å². The Morgan fingerprint density at radius 2 is 1.83 bits per heavy atom. The molecule has 0 saturated carbocycles. The second kappa shape index (κ2) is 5.79. The zero-order chi connectivity index (χ0) is 18.3. The molecule has 1 unspecified atom stereocenters. The van der Waals surface area contributed by atoms with Crippen molar-refractivity contribution in [2.75, 3.05) is 0 Å². The molecule has 1 N–H and O–H groups in total. The first-order chi connectivity index (χ1) is 10.8. The molecular weight excluding hydrogens is 323 g/mol. The van der Waals surface area contributed by atoms with Crippen molar-refractivity contribution < 1.29 is 27.5 Å². The molecule has 24 heavy (non-hydrogen) atoms. The van der Waals surface area contributed by atoms with Gasteiger partial charge in [0.25, 0.3) is 0 Å². The molecule has 7 heteroatoms. The summed E-state index contributed by atoms with van der Waals surface area (Å²) in [5.41, 5.74) is -2.42. The van der Waals surface area contributed by atoms with Gasteiger partial charge in [-0.05, 0) is 45.4 Å². The normalized spacial score (nSPS) is 20.6. The van der Waals surface area contributed by atoms with Crippen molar-refractivity contribution >= 4 is 11.9 Å². The highest BCUT2D eigenvalue weighted by Gasteiger charge is 2.47. The summed E-state index contributed by atoms with van der Waals surface area (Å²) in [6.07, 6.45) is -4.50. The average Bonchev–Trinajstić information content (AvgIpc) is 2.70. The van der Waals surface area contributed by atoms with E-state index in [1.165, 1.54) is 12.1 Å². The third-order valence-corrected chi connectivity index (χ3v) is 4.25. The fourth-order valence-corrected chi connectivity index (χ4v) is 2.78. The Bertz CT molecular complexity index is 665. The fraction of sp³-hybridized carbons (Fsp3) is 0.529. The largest absolute Gasteiger partial charge is 0.459 e. The summed E-state index contributed by atoms with van der Waals surface area (Å²) in [4.78, 5) is 23.9. The smallest absolute Gasteiger partial charge is 0.416 e. The average molecular weight is 343 g/mol. The van der Waals surface area contributed by atoms with Crippen LogP contribution in [0.2, 0.25) is 0 Å². The first-order valence-electron chi connectivity index (χ1n) is 7.54. The fourth-order valence-electron chi connectivity index (χ4n) is 2.78. The van der Waals surface area contributed by atoms with Crippen LogP contribution >= 0.6 is 0 Å². The summed E-state index contributed by atoms with van der Waals surface area (Å²) in [7, 11) is 0. The molecule has 1 heterocycles. The van der Waals surface area contributed by atoms with Crippen LogP contribution in [0.3, 0.4) is 0 Å². The lowest BCUT2D eigenvalue weighted by Gasteiger charge is -2.31. The van der Waals surface area contributed by atoms with Crippen molar-refractivity contribution in [3.8, 4) is 0 Å². The molecular formula is C17H20F3NO3. The van der Waals surface area contributed by atoms with E-state index < -0.39 is 40.7 Å². The molecule has 0 spiro atoms. The Balaban J connectivity index is 2.22. The van der Waals surface area contributed by atoms with E-state index in [0.29, 0.717) is 5.56 Å². The third kappa shape index (κ3) is 3.71. The maximum atomic E-state index is 12.9. The van der Waals surface area contributed by atoms with Gasteiger partial charge in [-0.15, -0.1) is 0 Å². The maximum Gasteiger partial charge on any atom is 0.416 e. The molecule has 1 fully saturated rings. The molecule has 0 aromatic heterocycles. The molecule has 1 atom stereocenters. The highest BCUT2D eigenvalue weighted by atomic mass is 19.4. The first-order valence-corrected chi connectivity index (χ1v) is 7.54. The van der Waals surface area contributed by atoms with E-state index in [1.54, 1.807) is 27.7 Å². The predicted octanol–water partition coefficient (Wildman–Crippen LogP) is 3.40. The molecule has 1 saturated heterocycles. The molecule has 4 nitrogen and oxygen atoms in total. The number of rotatable bonds is 3. The van der Waals surface area contributed by atoms with Gasteiger partial charge in [-0.3, -0.25) is 9.59 Å². The van der Waals surface area contributed by atoms with E-state index in [0.717, 1.165) is 12.1 Å². The summed E-state index contributed by atoms with van der Waals surface area (Å²) < 4.78 is 43.7. The highest BCUT2D eigenvalue weighted by Crippen LogP contribution is 2.35. The second-order valence-electron chi connectivity index (χ2n) is 7.03. The molecule has 1 amide bonds. The van der Waals surface area contributed by atoms with Gasteiger partial charge in [0.05, 0.1) is 23.4 Å². The zero-order valence-corrected chi connectivity index (χ0v) is 14.0. The number of hydrogen-bond donors (Lipinski definition) is 1. The lowest BCUT2D eigenvalue weighted by atomic mass is 9.87. The van der Waals surface area contributed by atoms with Crippen LogP contribution in [-0.4, -0.2) is 17.5 Å². The number of esters is 1. The van der Waals surface area contributed by atoms with E-state index >= 15 is 0 Å². The number of halogens is 3. The van der Waals surface area contributed by atoms with Crippen LogP contribution in [0.25, 0.3) is 0 Å². The van der Waals surface area contributed by atoms with E-state index in [4.69, 9.17) is 4.74 Å². The molecule has 1 aliphatic rings. The van der Waals surface area contributed by atoms with Crippen molar-refractivity contribution in [3.05, 3.63) is 35.4 Å². The monoisotopic (exact) mass is 343 g/mol. The zero-order valence-electron chi connectivity index (χ0n) is 14.0. The molecule has 1 aliphatic heterocycles. The van der Waals surface area contributed by atoms with Gasteiger partial charge >= 0.3 is 12.1 Å². The number of amides is 1. The number of cyclic esters (lactones) is 1. The van der Waals surface area contributed by atoms with Gasteiger partial charge in [-0.1, -0.05) is 12.1 Å². The molecule has 1 aromatic carbocycles. The summed E-state index contributed by atoms with van der Waals surface area (Å²) in [6, 6.07) is 4.82. The molecule has 132 valence electrons. The SMILES string of the molecule is CC(C)(NC(=O)C1CC(=O)OC1(C)C)c1cccc(C(F)(F)F)c1. The van der Waals surface area contributed by atoms with Crippen LogP contribution in [0.5, 0.6) is 0 Å². The Kier molecular flexibility index (Phi) is 4.41. The Hall–Kier alpha value is -2.05. The van der Waals surface area contributed by atoms with Crippen molar-refractivity contribution in [2.45, 2.75) is 51.4 Å². The second-order valence-corrected chi connectivity index (χ2v) is 7.03. The van der Waals surface area contributed by atoms with Gasteiger partial charge < -0.3 is 10.1 Å². The number of hydrogen-bond acceptors (Lipinski definition) is 3. The third-order valence-electron chi connectivity index (χ3n) is 4.25. The van der Waals surface area contributed by atoms with Gasteiger partial charge in [0, 0.05) is 0 Å². The van der Waals surface area contributed by atoms with E-state index in [1.807, 2.05) is 0 Å². The first kappa shape index (κ1) is 18.3. The predicted molar refractivity (Wildman–Crippen MR) is 80.9 cm³/mol. The van der Waals surface area contributed by atoms with Gasteiger partial charge in [0.1, 0.15) is 5.60 Å². The quantitative estimate of drug-likeness (QED) is 0.856. The number of benzene rings is 1. The van der Waals surface area contributed by atoms with Gasteiger partial charge in [0.2, 0.25) is 5.91 Å². The van der Waals surface area contributed by atoms with Crippen molar-refractivity contribution in [1.29, 1.82) is 0 Å². The van der Waals surface area contributed by atoms with Crippen molar-refractivity contribution in [2.24, 2.45) is 5.92 Å². The Labute approximate surface area is 138 Å². The van der Waals surface area contributed by atoms with Crippen LogP contribution < -0.4 is 5.32 Å². The van der Waals surface area contributed by atoms with Crippen LogP contribution in [0.1, 0.15) is 45.2 Å². The molecule has 2 rings (SSSR count). The summed E-state index contributed by atoms with van der Waals surface area (Å²) in [6.45, 7) is 6.51. The van der Waals surface area contributed by atoms with Gasteiger partial charge in [0.15, 0.2) is 0 Å². The molecule has 0 aliphatic carbocycles. The minimum absolute atomic E-state index is 0.0441. The molecule has 1 aromatic rings. The highest BCUT2D eigenvalue weighted by molar-refractivity contribution is 5.88. The minimum Gasteiger partial charge on any atom is -0.459 e.